The minimum Gasteiger partial charge on any atom is -0.479 e. The number of para-hydroxylation sites is 1. The van der Waals surface area contributed by atoms with Crippen LogP contribution in [0.2, 0.25) is 0 Å². The van der Waals surface area contributed by atoms with Crippen molar-refractivity contribution >= 4 is 17.8 Å². The van der Waals surface area contributed by atoms with Crippen molar-refractivity contribution < 1.29 is 14.7 Å². The molecule has 0 aromatic heterocycles. The van der Waals surface area contributed by atoms with Gasteiger partial charge in [0.2, 0.25) is 5.54 Å². The highest BCUT2D eigenvalue weighted by Crippen LogP contribution is 2.16. The van der Waals surface area contributed by atoms with E-state index in [0.717, 1.165) is 0 Å². The SMILES string of the molecule is CC(=O)C1(C(=O)O)C=c2ccccc2=N1. The second-order valence-electron chi connectivity index (χ2n) is 3.44. The molecule has 76 valence electrons. The maximum atomic E-state index is 11.4. The molecule has 0 saturated carbocycles. The van der Waals surface area contributed by atoms with Crippen LogP contribution in [-0.2, 0) is 9.59 Å². The van der Waals surface area contributed by atoms with Gasteiger partial charge in [0.25, 0.3) is 0 Å². The maximum Gasteiger partial charge on any atom is 0.343 e. The fourth-order valence-electron chi connectivity index (χ4n) is 1.60. The van der Waals surface area contributed by atoms with Crippen molar-refractivity contribution in [2.24, 2.45) is 4.99 Å². The van der Waals surface area contributed by atoms with E-state index in [1.807, 2.05) is 0 Å². The number of benzene rings is 1. The number of Topliss-reactive ketones (excluding diaryl/α,β-unsaturated/α-hetero) is 1. The van der Waals surface area contributed by atoms with E-state index >= 15 is 0 Å². The summed E-state index contributed by atoms with van der Waals surface area (Å²) in [5, 5.41) is 10.3. The molecule has 1 aromatic rings. The van der Waals surface area contributed by atoms with Crippen LogP contribution in [0.3, 0.4) is 0 Å². The predicted octanol–water partition coefficient (Wildman–Crippen LogP) is -0.487. The third kappa shape index (κ3) is 1.26. The quantitative estimate of drug-likeness (QED) is 0.660. The molecule has 4 nitrogen and oxygen atoms in total. The largest absolute Gasteiger partial charge is 0.479 e. The van der Waals surface area contributed by atoms with Crippen LogP contribution in [0.1, 0.15) is 6.92 Å². The van der Waals surface area contributed by atoms with Crippen LogP contribution in [0.4, 0.5) is 0 Å². The number of rotatable bonds is 2. The standard InChI is InChI=1S/C11H9NO3/c1-7(13)11(10(14)15)6-8-4-2-3-5-9(8)12-11/h2-6H,1H3,(H,14,15). The molecule has 2 rings (SSSR count). The first-order valence-corrected chi connectivity index (χ1v) is 4.48. The van der Waals surface area contributed by atoms with Crippen LogP contribution in [0.5, 0.6) is 0 Å². The number of nitrogens with zero attached hydrogens (tertiary/aromatic N) is 1. The third-order valence-electron chi connectivity index (χ3n) is 2.46. The topological polar surface area (TPSA) is 66.7 Å². The van der Waals surface area contributed by atoms with Gasteiger partial charge in [-0.3, -0.25) is 9.79 Å². The summed E-state index contributed by atoms with van der Waals surface area (Å²) in [4.78, 5) is 26.4. The Morgan fingerprint density at radius 2 is 2.00 bits per heavy atom. The zero-order chi connectivity index (χ0) is 11.1. The van der Waals surface area contributed by atoms with Gasteiger partial charge in [-0.1, -0.05) is 18.2 Å². The average Bonchev–Trinajstić information content (AvgIpc) is 2.57. The van der Waals surface area contributed by atoms with E-state index in [1.165, 1.54) is 13.0 Å². The molecule has 1 unspecified atom stereocenters. The Morgan fingerprint density at radius 1 is 1.33 bits per heavy atom. The normalized spacial score (nSPS) is 22.5. The first-order chi connectivity index (χ1) is 7.06. The summed E-state index contributed by atoms with van der Waals surface area (Å²) in [7, 11) is 0. The van der Waals surface area contributed by atoms with E-state index in [1.54, 1.807) is 24.3 Å². The maximum absolute atomic E-state index is 11.4. The lowest BCUT2D eigenvalue weighted by atomic mass is 9.96. The number of hydrogen-bond acceptors (Lipinski definition) is 3. The van der Waals surface area contributed by atoms with Crippen molar-refractivity contribution in [2.45, 2.75) is 12.5 Å². The van der Waals surface area contributed by atoms with Gasteiger partial charge in [-0.25, -0.2) is 4.79 Å². The zero-order valence-electron chi connectivity index (χ0n) is 8.10. The summed E-state index contributed by atoms with van der Waals surface area (Å²) in [6.07, 6.45) is 1.40. The Labute approximate surface area is 85.6 Å². The summed E-state index contributed by atoms with van der Waals surface area (Å²) in [6.45, 7) is 1.24. The van der Waals surface area contributed by atoms with E-state index in [9.17, 15) is 9.59 Å². The van der Waals surface area contributed by atoms with Gasteiger partial charge in [-0.2, -0.15) is 0 Å². The molecule has 0 radical (unpaired) electrons. The number of ketones is 1. The fourth-order valence-corrected chi connectivity index (χ4v) is 1.60. The number of fused-ring (bicyclic) bond motifs is 1. The molecule has 0 bridgehead atoms. The summed E-state index contributed by atoms with van der Waals surface area (Å²) in [5.74, 6) is -1.71. The van der Waals surface area contributed by atoms with Crippen molar-refractivity contribution in [2.75, 3.05) is 0 Å². The van der Waals surface area contributed by atoms with Crippen molar-refractivity contribution in [3.05, 3.63) is 34.8 Å². The smallest absolute Gasteiger partial charge is 0.343 e. The molecule has 0 saturated heterocycles. The summed E-state index contributed by atoms with van der Waals surface area (Å²) >= 11 is 0. The molecule has 1 N–H and O–H groups in total. The number of carbonyl (C=O) groups is 2. The van der Waals surface area contributed by atoms with Crippen LogP contribution in [-0.4, -0.2) is 22.4 Å². The van der Waals surface area contributed by atoms with Crippen molar-refractivity contribution in [3.8, 4) is 0 Å². The molecule has 0 aliphatic carbocycles. The minimum atomic E-state index is -1.72. The van der Waals surface area contributed by atoms with Crippen molar-refractivity contribution in [1.29, 1.82) is 0 Å². The second kappa shape index (κ2) is 3.02. The van der Waals surface area contributed by atoms with Crippen LogP contribution in [0.15, 0.2) is 29.3 Å². The molecule has 1 aliphatic heterocycles. The number of aliphatic carboxylic acids is 1. The van der Waals surface area contributed by atoms with E-state index in [2.05, 4.69) is 4.99 Å². The Kier molecular flexibility index (Phi) is 1.93. The highest BCUT2D eigenvalue weighted by atomic mass is 16.4. The Balaban J connectivity index is 2.75. The number of hydrogen-bond donors (Lipinski definition) is 1. The molecule has 4 heteroatoms. The number of carbonyl (C=O) groups excluding carboxylic acids is 1. The average molecular weight is 203 g/mol. The molecule has 0 amide bonds. The minimum absolute atomic E-state index is 0.480. The molecule has 1 atom stereocenters. The molecular weight excluding hydrogens is 194 g/mol. The number of carboxylic acid groups (broad SMARTS) is 1. The van der Waals surface area contributed by atoms with E-state index < -0.39 is 17.3 Å². The van der Waals surface area contributed by atoms with Gasteiger partial charge in [0, 0.05) is 0 Å². The molecule has 15 heavy (non-hydrogen) atoms. The zero-order valence-corrected chi connectivity index (χ0v) is 8.10. The van der Waals surface area contributed by atoms with Crippen LogP contribution < -0.4 is 10.6 Å². The Bertz CT molecular complexity index is 508. The second-order valence-corrected chi connectivity index (χ2v) is 3.44. The molecule has 1 aromatic carbocycles. The first-order valence-electron chi connectivity index (χ1n) is 4.48. The van der Waals surface area contributed by atoms with Crippen LogP contribution >= 0.6 is 0 Å². The molecule has 0 fully saturated rings. The van der Waals surface area contributed by atoms with E-state index in [0.29, 0.717) is 10.6 Å². The van der Waals surface area contributed by atoms with E-state index in [4.69, 9.17) is 5.11 Å². The number of carboxylic acids is 1. The Morgan fingerprint density at radius 3 is 2.53 bits per heavy atom. The first kappa shape index (κ1) is 9.58. The summed E-state index contributed by atoms with van der Waals surface area (Å²) in [6, 6.07) is 6.98. The van der Waals surface area contributed by atoms with Gasteiger partial charge in [0.05, 0.1) is 5.36 Å². The van der Waals surface area contributed by atoms with Gasteiger partial charge in [-0.15, -0.1) is 0 Å². The molecule has 1 aliphatic rings. The van der Waals surface area contributed by atoms with Crippen LogP contribution in [0, 0.1) is 0 Å². The highest BCUT2D eigenvalue weighted by Gasteiger charge is 2.42. The Hall–Kier alpha value is -1.97. The van der Waals surface area contributed by atoms with Gasteiger partial charge in [-0.05, 0) is 24.3 Å². The van der Waals surface area contributed by atoms with Gasteiger partial charge in [0.1, 0.15) is 0 Å². The van der Waals surface area contributed by atoms with Crippen molar-refractivity contribution in [1.82, 2.24) is 0 Å². The van der Waals surface area contributed by atoms with Crippen molar-refractivity contribution in [3.63, 3.8) is 0 Å². The lowest BCUT2D eigenvalue weighted by molar-refractivity contribution is -0.144. The van der Waals surface area contributed by atoms with Crippen LogP contribution in [0.25, 0.3) is 6.08 Å². The molecule has 0 spiro atoms. The predicted molar refractivity (Wildman–Crippen MR) is 52.7 cm³/mol. The highest BCUT2D eigenvalue weighted by molar-refractivity contribution is 6.13. The summed E-state index contributed by atoms with van der Waals surface area (Å²) in [5.41, 5.74) is -1.72. The van der Waals surface area contributed by atoms with Gasteiger partial charge < -0.3 is 5.11 Å². The van der Waals surface area contributed by atoms with Gasteiger partial charge >= 0.3 is 5.97 Å². The fraction of sp³-hybridized carbons (Fsp3) is 0.182. The lowest BCUT2D eigenvalue weighted by Crippen LogP contribution is -2.40. The van der Waals surface area contributed by atoms with Gasteiger partial charge in [0.15, 0.2) is 5.78 Å². The lowest BCUT2D eigenvalue weighted by Gasteiger charge is -2.14. The summed E-state index contributed by atoms with van der Waals surface area (Å²) < 4.78 is 0. The molecule has 1 heterocycles. The molecular formula is C11H9NO3. The monoisotopic (exact) mass is 203 g/mol. The third-order valence-corrected chi connectivity index (χ3v) is 2.46. The van der Waals surface area contributed by atoms with E-state index in [-0.39, 0.29) is 0 Å².